The number of esters is 2. The smallest absolute Gasteiger partial charge is 0.338 e. The van der Waals surface area contributed by atoms with Crippen molar-refractivity contribution in [3.05, 3.63) is 71.8 Å². The Morgan fingerprint density at radius 3 is 1.56 bits per heavy atom. The highest BCUT2D eigenvalue weighted by molar-refractivity contribution is 7.86. The van der Waals surface area contributed by atoms with Gasteiger partial charge in [0.1, 0.15) is 13.2 Å². The second-order valence-corrected chi connectivity index (χ2v) is 7.57. The Bertz CT molecular complexity index is 707. The molecule has 0 amide bonds. The number of ether oxygens (including phenoxy) is 2. The Morgan fingerprint density at radius 2 is 1.20 bits per heavy atom. The Labute approximate surface area is 148 Å². The van der Waals surface area contributed by atoms with Gasteiger partial charge >= 0.3 is 11.9 Å². The first-order chi connectivity index (χ1) is 12.1. The van der Waals surface area contributed by atoms with E-state index >= 15 is 0 Å². The van der Waals surface area contributed by atoms with Crippen LogP contribution < -0.4 is 0 Å². The minimum atomic E-state index is -0.962. The van der Waals surface area contributed by atoms with Crippen LogP contribution in [0.2, 0.25) is 0 Å². The highest BCUT2D eigenvalue weighted by Gasteiger charge is 2.45. The van der Waals surface area contributed by atoms with Crippen LogP contribution in [0.5, 0.6) is 0 Å². The molecule has 0 unspecified atom stereocenters. The monoisotopic (exact) mass is 358 g/mol. The summed E-state index contributed by atoms with van der Waals surface area (Å²) in [4.78, 5) is 24.1. The molecule has 3 rings (SSSR count). The van der Waals surface area contributed by atoms with Gasteiger partial charge in [-0.25, -0.2) is 9.59 Å². The molecule has 0 radical (unpaired) electrons. The number of hydrogen-bond acceptors (Lipinski definition) is 5. The summed E-state index contributed by atoms with van der Waals surface area (Å²) in [7, 11) is -0.962. The zero-order chi connectivity index (χ0) is 17.7. The van der Waals surface area contributed by atoms with Crippen molar-refractivity contribution in [2.24, 2.45) is 5.41 Å². The average molecular weight is 358 g/mol. The fourth-order valence-electron chi connectivity index (χ4n) is 2.60. The molecule has 2 aromatic carbocycles. The minimum absolute atomic E-state index is 0.0779. The first-order valence-electron chi connectivity index (χ1n) is 7.87. The maximum atomic E-state index is 12.1. The van der Waals surface area contributed by atoms with Crippen molar-refractivity contribution in [3.8, 4) is 0 Å². The Balaban J connectivity index is 1.57. The van der Waals surface area contributed by atoms with E-state index in [9.17, 15) is 13.8 Å². The number of benzene rings is 2. The summed E-state index contributed by atoms with van der Waals surface area (Å²) in [5.41, 5.74) is 0.346. The topological polar surface area (TPSA) is 69.7 Å². The highest BCUT2D eigenvalue weighted by Crippen LogP contribution is 2.31. The molecule has 1 aliphatic heterocycles. The van der Waals surface area contributed by atoms with Crippen molar-refractivity contribution in [3.63, 3.8) is 0 Å². The van der Waals surface area contributed by atoms with Gasteiger partial charge in [0.05, 0.1) is 16.5 Å². The van der Waals surface area contributed by atoms with Crippen LogP contribution in [0, 0.1) is 5.41 Å². The van der Waals surface area contributed by atoms with E-state index in [1.807, 2.05) is 12.1 Å². The lowest BCUT2D eigenvalue weighted by atomic mass is 9.94. The third-order valence-corrected chi connectivity index (χ3v) is 5.84. The van der Waals surface area contributed by atoms with Gasteiger partial charge in [-0.1, -0.05) is 36.4 Å². The van der Waals surface area contributed by atoms with Gasteiger partial charge in [0.2, 0.25) is 0 Å². The third kappa shape index (κ3) is 4.33. The predicted molar refractivity (Wildman–Crippen MR) is 93.8 cm³/mol. The number of carbonyl (C=O) groups is 2. The van der Waals surface area contributed by atoms with Crippen molar-refractivity contribution in [1.82, 2.24) is 0 Å². The Kier molecular flexibility index (Phi) is 5.28. The van der Waals surface area contributed by atoms with E-state index < -0.39 is 28.2 Å². The molecule has 6 heteroatoms. The number of hydrogen-bond donors (Lipinski definition) is 0. The minimum Gasteiger partial charge on any atom is -0.461 e. The van der Waals surface area contributed by atoms with Crippen LogP contribution in [0.25, 0.3) is 0 Å². The Hall–Kier alpha value is -2.47. The second kappa shape index (κ2) is 7.61. The lowest BCUT2D eigenvalue weighted by molar-refractivity contribution is 0.00486. The quantitative estimate of drug-likeness (QED) is 0.742. The molecule has 0 aromatic heterocycles. The van der Waals surface area contributed by atoms with Gasteiger partial charge in [0.15, 0.2) is 0 Å². The molecular formula is C19H18O5S. The summed E-state index contributed by atoms with van der Waals surface area (Å²) in [6.07, 6.45) is 0. The van der Waals surface area contributed by atoms with Crippen LogP contribution in [0.4, 0.5) is 0 Å². The maximum absolute atomic E-state index is 12.1. The molecular weight excluding hydrogens is 340 g/mol. The molecule has 1 saturated heterocycles. The molecule has 130 valence electrons. The summed E-state index contributed by atoms with van der Waals surface area (Å²) in [5.74, 6) is -0.159. The molecule has 2 aromatic rings. The first-order valence-corrected chi connectivity index (χ1v) is 9.36. The Morgan fingerprint density at radius 1 is 0.800 bits per heavy atom. The first kappa shape index (κ1) is 17.4. The van der Waals surface area contributed by atoms with Crippen molar-refractivity contribution in [2.45, 2.75) is 0 Å². The molecule has 5 nitrogen and oxygen atoms in total. The van der Waals surface area contributed by atoms with Crippen LogP contribution in [-0.2, 0) is 20.3 Å². The van der Waals surface area contributed by atoms with E-state index in [-0.39, 0.29) is 13.2 Å². The number of rotatable bonds is 6. The molecule has 0 saturated carbocycles. The molecule has 0 atom stereocenters. The third-order valence-electron chi connectivity index (χ3n) is 3.97. The summed E-state index contributed by atoms with van der Waals surface area (Å²) in [6.45, 7) is 0.156. The van der Waals surface area contributed by atoms with Crippen LogP contribution in [0.1, 0.15) is 20.7 Å². The molecule has 1 fully saturated rings. The zero-order valence-corrected chi connectivity index (χ0v) is 14.4. The summed E-state index contributed by atoms with van der Waals surface area (Å²) in [6, 6.07) is 17.3. The lowest BCUT2D eigenvalue weighted by Gasteiger charge is -2.39. The fraction of sp³-hybridized carbons (Fsp3) is 0.263. The van der Waals surface area contributed by atoms with E-state index in [4.69, 9.17) is 9.47 Å². The zero-order valence-electron chi connectivity index (χ0n) is 13.6. The van der Waals surface area contributed by atoms with E-state index in [1.54, 1.807) is 48.5 Å². The van der Waals surface area contributed by atoms with Crippen LogP contribution in [0.3, 0.4) is 0 Å². The van der Waals surface area contributed by atoms with Crippen LogP contribution >= 0.6 is 0 Å². The van der Waals surface area contributed by atoms with Gasteiger partial charge in [-0.05, 0) is 24.3 Å². The summed E-state index contributed by atoms with van der Waals surface area (Å²) >= 11 is 0. The summed E-state index contributed by atoms with van der Waals surface area (Å²) in [5, 5.41) is 0. The molecule has 1 aliphatic rings. The van der Waals surface area contributed by atoms with Gasteiger partial charge in [-0.3, -0.25) is 4.21 Å². The van der Waals surface area contributed by atoms with E-state index in [1.165, 1.54) is 0 Å². The lowest BCUT2D eigenvalue weighted by Crippen LogP contribution is -2.52. The van der Waals surface area contributed by atoms with Crippen LogP contribution in [-0.4, -0.2) is 40.9 Å². The van der Waals surface area contributed by atoms with Gasteiger partial charge in [0.25, 0.3) is 0 Å². The number of carbonyl (C=O) groups excluding carboxylic acids is 2. The summed E-state index contributed by atoms with van der Waals surface area (Å²) < 4.78 is 22.3. The molecule has 0 bridgehead atoms. The second-order valence-electron chi connectivity index (χ2n) is 6.11. The average Bonchev–Trinajstić information content (AvgIpc) is 2.64. The van der Waals surface area contributed by atoms with Gasteiger partial charge in [-0.2, -0.15) is 0 Å². The molecule has 0 aliphatic carbocycles. The van der Waals surface area contributed by atoms with Crippen molar-refractivity contribution >= 4 is 22.7 Å². The fourth-order valence-corrected chi connectivity index (χ4v) is 4.22. The van der Waals surface area contributed by atoms with E-state index in [0.717, 1.165) is 0 Å². The largest absolute Gasteiger partial charge is 0.461 e. The maximum Gasteiger partial charge on any atom is 0.338 e. The van der Waals surface area contributed by atoms with Gasteiger partial charge in [-0.15, -0.1) is 0 Å². The van der Waals surface area contributed by atoms with E-state index in [2.05, 4.69) is 0 Å². The van der Waals surface area contributed by atoms with Crippen molar-refractivity contribution in [1.29, 1.82) is 0 Å². The SMILES string of the molecule is O=C(OCC1(COC(=O)c2ccccc2)CS(=O)C1)c1ccccc1. The van der Waals surface area contributed by atoms with Gasteiger partial charge in [0, 0.05) is 22.3 Å². The standard InChI is InChI=1S/C19H18O5S/c20-17(15-7-3-1-4-8-15)23-11-19(13-25(22)14-19)12-24-18(21)16-9-5-2-6-10-16/h1-10H,11-14H2. The van der Waals surface area contributed by atoms with Crippen LogP contribution in [0.15, 0.2) is 60.7 Å². The van der Waals surface area contributed by atoms with Crippen molar-refractivity contribution < 1.29 is 23.3 Å². The van der Waals surface area contributed by atoms with Crippen molar-refractivity contribution in [2.75, 3.05) is 24.7 Å². The molecule has 1 heterocycles. The molecule has 25 heavy (non-hydrogen) atoms. The normalized spacial score (nSPS) is 15.8. The van der Waals surface area contributed by atoms with E-state index in [0.29, 0.717) is 22.6 Å². The predicted octanol–water partition coefficient (Wildman–Crippen LogP) is 2.45. The highest BCUT2D eigenvalue weighted by atomic mass is 32.2. The molecule has 0 spiro atoms. The van der Waals surface area contributed by atoms with Gasteiger partial charge < -0.3 is 9.47 Å². The molecule has 0 N–H and O–H groups in total.